The van der Waals surface area contributed by atoms with Crippen molar-refractivity contribution >= 4 is 38.3 Å². The summed E-state index contributed by atoms with van der Waals surface area (Å²) in [5.74, 6) is 0.0899. The highest BCUT2D eigenvalue weighted by atomic mass is 35.5. The summed E-state index contributed by atoms with van der Waals surface area (Å²) in [6.07, 6.45) is 0.242. The number of likely N-dealkylation sites (N-methyl/N-ethyl adjacent to an activating group) is 1. The lowest BCUT2D eigenvalue weighted by molar-refractivity contribution is -0.130. The number of aryl methyl sites for hydroxylation is 1. The van der Waals surface area contributed by atoms with E-state index in [4.69, 9.17) is 20.8 Å². The van der Waals surface area contributed by atoms with Gasteiger partial charge in [-0.1, -0.05) is 11.6 Å². The minimum Gasteiger partial charge on any atom is -0.495 e. The second-order valence-corrected chi connectivity index (χ2v) is 9.35. The standard InChI is InChI=1S/C18H20ClNO6S/c1-10-12-6-14(19)16(25-3)8-15(12)26-18(22)13(10)7-17(21)20(2)11-4-5-27(23,24)9-11/h6,8,11H,4-5,7,9H2,1-3H3. The lowest BCUT2D eigenvalue weighted by Gasteiger charge is -2.23. The van der Waals surface area contributed by atoms with Gasteiger partial charge >= 0.3 is 5.63 Å². The van der Waals surface area contributed by atoms with E-state index in [0.29, 0.717) is 33.7 Å². The van der Waals surface area contributed by atoms with E-state index < -0.39 is 15.5 Å². The van der Waals surface area contributed by atoms with Crippen molar-refractivity contribution in [2.75, 3.05) is 25.7 Å². The molecule has 1 aliphatic heterocycles. The van der Waals surface area contributed by atoms with Crippen LogP contribution in [-0.4, -0.2) is 50.9 Å². The molecule has 27 heavy (non-hydrogen) atoms. The fourth-order valence-electron chi connectivity index (χ4n) is 3.31. The van der Waals surface area contributed by atoms with Gasteiger partial charge in [-0.3, -0.25) is 4.79 Å². The van der Waals surface area contributed by atoms with Crippen LogP contribution in [0.15, 0.2) is 21.3 Å². The normalized spacial score (nSPS) is 18.6. The number of amides is 1. The molecule has 1 amide bonds. The summed E-state index contributed by atoms with van der Waals surface area (Å²) in [6, 6.07) is 2.80. The molecule has 146 valence electrons. The van der Waals surface area contributed by atoms with E-state index in [1.807, 2.05) is 0 Å². The Hall–Kier alpha value is -2.06. The minimum atomic E-state index is -3.10. The molecule has 1 unspecified atom stereocenters. The molecule has 0 bridgehead atoms. The van der Waals surface area contributed by atoms with E-state index in [9.17, 15) is 18.0 Å². The summed E-state index contributed by atoms with van der Waals surface area (Å²) < 4.78 is 33.8. The third-order valence-electron chi connectivity index (χ3n) is 5.04. The predicted molar refractivity (Wildman–Crippen MR) is 102 cm³/mol. The maximum Gasteiger partial charge on any atom is 0.340 e. The van der Waals surface area contributed by atoms with Crippen molar-refractivity contribution in [3.05, 3.63) is 38.7 Å². The first-order valence-corrected chi connectivity index (χ1v) is 10.6. The number of ether oxygens (including phenoxy) is 1. The Morgan fingerprint density at radius 2 is 2.11 bits per heavy atom. The van der Waals surface area contributed by atoms with Crippen LogP contribution in [0.2, 0.25) is 5.02 Å². The van der Waals surface area contributed by atoms with Crippen molar-refractivity contribution in [3.63, 3.8) is 0 Å². The van der Waals surface area contributed by atoms with Crippen LogP contribution in [-0.2, 0) is 21.1 Å². The second-order valence-electron chi connectivity index (χ2n) is 6.71. The van der Waals surface area contributed by atoms with Crippen LogP contribution < -0.4 is 10.4 Å². The largest absolute Gasteiger partial charge is 0.495 e. The summed E-state index contributed by atoms with van der Waals surface area (Å²) in [7, 11) is -0.0786. The molecule has 1 aromatic heterocycles. The minimum absolute atomic E-state index is 0.0457. The first kappa shape index (κ1) is 19.7. The summed E-state index contributed by atoms with van der Waals surface area (Å²) in [5, 5.41) is 0.988. The molecule has 0 radical (unpaired) electrons. The fourth-order valence-corrected chi connectivity index (χ4v) is 5.33. The van der Waals surface area contributed by atoms with Crippen molar-refractivity contribution in [1.82, 2.24) is 4.90 Å². The topological polar surface area (TPSA) is 93.9 Å². The Kier molecular flexibility index (Phi) is 5.22. The zero-order valence-corrected chi connectivity index (χ0v) is 16.8. The average Bonchev–Trinajstić information content (AvgIpc) is 2.98. The van der Waals surface area contributed by atoms with Crippen molar-refractivity contribution in [2.24, 2.45) is 0 Å². The number of nitrogens with zero attached hydrogens (tertiary/aromatic N) is 1. The molecule has 0 spiro atoms. The molecule has 7 nitrogen and oxygen atoms in total. The van der Waals surface area contributed by atoms with Gasteiger partial charge in [0.15, 0.2) is 9.84 Å². The Morgan fingerprint density at radius 1 is 1.41 bits per heavy atom. The Labute approximate surface area is 161 Å². The van der Waals surface area contributed by atoms with Crippen LogP contribution >= 0.6 is 11.6 Å². The number of methoxy groups -OCH3 is 1. The number of carbonyl (C=O) groups excluding carboxylic acids is 1. The molecule has 0 aliphatic carbocycles. The van der Waals surface area contributed by atoms with Crippen molar-refractivity contribution in [2.45, 2.75) is 25.8 Å². The number of hydrogen-bond donors (Lipinski definition) is 0. The summed E-state index contributed by atoms with van der Waals surface area (Å²) in [4.78, 5) is 26.4. The lowest BCUT2D eigenvalue weighted by Crippen LogP contribution is -2.39. The molecule has 0 saturated carbocycles. The van der Waals surface area contributed by atoms with Gasteiger partial charge in [0, 0.05) is 24.5 Å². The monoisotopic (exact) mass is 413 g/mol. The van der Waals surface area contributed by atoms with Gasteiger partial charge in [-0.15, -0.1) is 0 Å². The number of benzene rings is 1. The number of rotatable bonds is 4. The Bertz CT molecular complexity index is 1080. The lowest BCUT2D eigenvalue weighted by atomic mass is 10.0. The van der Waals surface area contributed by atoms with E-state index >= 15 is 0 Å². The third-order valence-corrected chi connectivity index (χ3v) is 7.08. The molecule has 1 aliphatic rings. The summed E-state index contributed by atoms with van der Waals surface area (Å²) >= 11 is 6.16. The molecule has 2 aromatic rings. The molecule has 1 aromatic carbocycles. The van der Waals surface area contributed by atoms with Crippen LogP contribution in [0, 0.1) is 6.92 Å². The Morgan fingerprint density at radius 3 is 2.70 bits per heavy atom. The first-order chi connectivity index (χ1) is 12.6. The number of fused-ring (bicyclic) bond motifs is 1. The zero-order chi connectivity index (χ0) is 19.9. The molecule has 2 heterocycles. The van der Waals surface area contributed by atoms with Crippen LogP contribution in [0.1, 0.15) is 17.5 Å². The van der Waals surface area contributed by atoms with Crippen molar-refractivity contribution < 1.29 is 22.4 Å². The maximum absolute atomic E-state index is 12.6. The van der Waals surface area contributed by atoms with E-state index in [1.165, 1.54) is 18.1 Å². The van der Waals surface area contributed by atoms with Crippen LogP contribution in [0.5, 0.6) is 5.75 Å². The van der Waals surface area contributed by atoms with Crippen LogP contribution in [0.25, 0.3) is 11.0 Å². The van der Waals surface area contributed by atoms with Gasteiger partial charge in [0.05, 0.1) is 35.6 Å². The predicted octanol–water partition coefficient (Wildman–Crippen LogP) is 1.95. The number of sulfone groups is 1. The maximum atomic E-state index is 12.6. The summed E-state index contributed by atoms with van der Waals surface area (Å²) in [5.41, 5.74) is 0.559. The molecule has 1 fully saturated rings. The van der Waals surface area contributed by atoms with E-state index in [-0.39, 0.29) is 35.4 Å². The third kappa shape index (κ3) is 3.82. The van der Waals surface area contributed by atoms with E-state index in [2.05, 4.69) is 0 Å². The smallest absolute Gasteiger partial charge is 0.340 e. The van der Waals surface area contributed by atoms with Crippen molar-refractivity contribution in [3.8, 4) is 5.75 Å². The SMILES string of the molecule is COc1cc2oc(=O)c(CC(=O)N(C)C3CCS(=O)(=O)C3)c(C)c2cc1Cl. The summed E-state index contributed by atoms with van der Waals surface area (Å²) in [6.45, 7) is 1.73. The second kappa shape index (κ2) is 7.16. The number of hydrogen-bond acceptors (Lipinski definition) is 6. The average molecular weight is 414 g/mol. The van der Waals surface area contributed by atoms with Crippen LogP contribution in [0.4, 0.5) is 0 Å². The van der Waals surface area contributed by atoms with Crippen LogP contribution in [0.3, 0.4) is 0 Å². The zero-order valence-electron chi connectivity index (χ0n) is 15.2. The first-order valence-electron chi connectivity index (χ1n) is 8.39. The number of carbonyl (C=O) groups is 1. The highest BCUT2D eigenvalue weighted by Crippen LogP contribution is 2.31. The quantitative estimate of drug-likeness (QED) is 0.711. The van der Waals surface area contributed by atoms with Gasteiger partial charge in [0.2, 0.25) is 5.91 Å². The molecular formula is C18H20ClNO6S. The highest BCUT2D eigenvalue weighted by molar-refractivity contribution is 7.91. The van der Waals surface area contributed by atoms with E-state index in [0.717, 1.165) is 0 Å². The van der Waals surface area contributed by atoms with Crippen molar-refractivity contribution in [1.29, 1.82) is 0 Å². The Balaban J connectivity index is 1.92. The van der Waals surface area contributed by atoms with Gasteiger partial charge in [-0.05, 0) is 25.0 Å². The van der Waals surface area contributed by atoms with Gasteiger partial charge in [0.25, 0.3) is 0 Å². The molecule has 1 atom stereocenters. The van der Waals surface area contributed by atoms with Gasteiger partial charge < -0.3 is 14.1 Å². The molecule has 3 rings (SSSR count). The highest BCUT2D eigenvalue weighted by Gasteiger charge is 2.33. The molecule has 9 heteroatoms. The number of halogens is 1. The molecular weight excluding hydrogens is 394 g/mol. The van der Waals surface area contributed by atoms with E-state index in [1.54, 1.807) is 20.0 Å². The van der Waals surface area contributed by atoms with Gasteiger partial charge in [-0.2, -0.15) is 0 Å². The van der Waals surface area contributed by atoms with Gasteiger partial charge in [-0.25, -0.2) is 13.2 Å². The molecule has 0 N–H and O–H groups in total. The molecule has 1 saturated heterocycles. The van der Waals surface area contributed by atoms with Gasteiger partial charge in [0.1, 0.15) is 11.3 Å². The fraction of sp³-hybridized carbons (Fsp3) is 0.444.